The molecule has 0 atom stereocenters. The van der Waals surface area contributed by atoms with Gasteiger partial charge in [-0.25, -0.2) is 4.98 Å². The third-order valence-corrected chi connectivity index (χ3v) is 4.19. The zero-order valence-corrected chi connectivity index (χ0v) is 13.3. The summed E-state index contributed by atoms with van der Waals surface area (Å²) >= 11 is 1.43. The number of benzene rings is 2. The van der Waals surface area contributed by atoms with Crippen LogP contribution in [0.5, 0.6) is 0 Å². The number of aryl methyl sites for hydroxylation is 2. The van der Waals surface area contributed by atoms with E-state index in [0.29, 0.717) is 10.7 Å². The number of amides is 1. The molecule has 0 aliphatic rings. The molecule has 0 unspecified atom stereocenters. The lowest BCUT2D eigenvalue weighted by molar-refractivity contribution is 0.102. The molecule has 1 heterocycles. The van der Waals surface area contributed by atoms with E-state index in [2.05, 4.69) is 10.3 Å². The number of nitrogens with zero attached hydrogens (tertiary/aromatic N) is 1. The number of carbonyl (C=O) groups is 1. The topological polar surface area (TPSA) is 42.0 Å². The van der Waals surface area contributed by atoms with Gasteiger partial charge in [0.1, 0.15) is 0 Å². The third kappa shape index (κ3) is 3.07. The van der Waals surface area contributed by atoms with Crippen molar-refractivity contribution in [1.29, 1.82) is 0 Å². The number of aromatic nitrogens is 1. The first kappa shape index (κ1) is 14.5. The highest BCUT2D eigenvalue weighted by molar-refractivity contribution is 7.14. The molecule has 1 amide bonds. The van der Waals surface area contributed by atoms with Crippen molar-refractivity contribution in [2.75, 3.05) is 5.32 Å². The Balaban J connectivity index is 1.81. The van der Waals surface area contributed by atoms with Gasteiger partial charge in [-0.05, 0) is 25.5 Å². The van der Waals surface area contributed by atoms with Crippen molar-refractivity contribution in [3.8, 4) is 11.3 Å². The summed E-state index contributed by atoms with van der Waals surface area (Å²) in [7, 11) is 0. The standard InChI is InChI=1S/C18H16N2OS/c1-12-8-9-13(2)15(10-12)17(21)20-18-19-16(11-22-18)14-6-4-3-5-7-14/h3-11H,1-2H3,(H,19,20,21). The lowest BCUT2D eigenvalue weighted by atomic mass is 10.1. The average molecular weight is 308 g/mol. The van der Waals surface area contributed by atoms with Crippen molar-refractivity contribution in [3.63, 3.8) is 0 Å². The zero-order chi connectivity index (χ0) is 15.5. The fraction of sp³-hybridized carbons (Fsp3) is 0.111. The molecule has 0 spiro atoms. The van der Waals surface area contributed by atoms with E-state index in [4.69, 9.17) is 0 Å². The lowest BCUT2D eigenvalue weighted by Crippen LogP contribution is -2.13. The van der Waals surface area contributed by atoms with Crippen molar-refractivity contribution >= 4 is 22.4 Å². The van der Waals surface area contributed by atoms with E-state index in [1.54, 1.807) is 0 Å². The molecular formula is C18H16N2OS. The van der Waals surface area contributed by atoms with Crippen LogP contribution in [0.1, 0.15) is 21.5 Å². The molecule has 0 aliphatic heterocycles. The van der Waals surface area contributed by atoms with Crippen LogP contribution in [0, 0.1) is 13.8 Å². The molecule has 2 aromatic carbocycles. The number of hydrogen-bond donors (Lipinski definition) is 1. The van der Waals surface area contributed by atoms with Gasteiger partial charge in [-0.3, -0.25) is 10.1 Å². The first-order chi connectivity index (χ1) is 10.6. The molecule has 4 heteroatoms. The Morgan fingerprint density at radius 3 is 2.64 bits per heavy atom. The van der Waals surface area contributed by atoms with Gasteiger partial charge in [-0.1, -0.05) is 48.0 Å². The molecule has 3 nitrogen and oxygen atoms in total. The number of hydrogen-bond acceptors (Lipinski definition) is 3. The maximum atomic E-state index is 12.4. The number of rotatable bonds is 3. The molecule has 110 valence electrons. The summed E-state index contributed by atoms with van der Waals surface area (Å²) in [6.07, 6.45) is 0. The van der Waals surface area contributed by atoms with Crippen LogP contribution < -0.4 is 5.32 Å². The van der Waals surface area contributed by atoms with Gasteiger partial charge < -0.3 is 0 Å². The lowest BCUT2D eigenvalue weighted by Gasteiger charge is -2.06. The molecule has 0 saturated heterocycles. The monoisotopic (exact) mass is 308 g/mol. The van der Waals surface area contributed by atoms with Crippen LogP contribution in [0.25, 0.3) is 11.3 Å². The van der Waals surface area contributed by atoms with Crippen LogP contribution in [0.4, 0.5) is 5.13 Å². The molecule has 22 heavy (non-hydrogen) atoms. The fourth-order valence-electron chi connectivity index (χ4n) is 2.22. The van der Waals surface area contributed by atoms with Crippen LogP contribution in [0.15, 0.2) is 53.9 Å². The summed E-state index contributed by atoms with van der Waals surface area (Å²) in [5.41, 5.74) is 4.65. The van der Waals surface area contributed by atoms with Crippen molar-refractivity contribution in [2.24, 2.45) is 0 Å². The van der Waals surface area contributed by atoms with E-state index in [1.807, 2.05) is 67.8 Å². The van der Waals surface area contributed by atoms with Crippen molar-refractivity contribution in [3.05, 3.63) is 70.6 Å². The average Bonchev–Trinajstić information content (AvgIpc) is 2.99. The normalized spacial score (nSPS) is 10.5. The van der Waals surface area contributed by atoms with Crippen molar-refractivity contribution in [1.82, 2.24) is 4.98 Å². The van der Waals surface area contributed by atoms with Gasteiger partial charge in [-0.2, -0.15) is 0 Å². The van der Waals surface area contributed by atoms with Gasteiger partial charge in [0.2, 0.25) is 0 Å². The zero-order valence-electron chi connectivity index (χ0n) is 12.5. The molecule has 0 radical (unpaired) electrons. The van der Waals surface area contributed by atoms with Gasteiger partial charge in [0, 0.05) is 16.5 Å². The minimum atomic E-state index is -0.116. The second-order valence-electron chi connectivity index (χ2n) is 5.18. The highest BCUT2D eigenvalue weighted by atomic mass is 32.1. The second kappa shape index (κ2) is 6.12. The number of thiazole rings is 1. The maximum absolute atomic E-state index is 12.4. The first-order valence-corrected chi connectivity index (χ1v) is 7.91. The molecule has 0 fully saturated rings. The van der Waals surface area contributed by atoms with Crippen LogP contribution in [-0.2, 0) is 0 Å². The summed E-state index contributed by atoms with van der Waals surface area (Å²) in [6.45, 7) is 3.92. The van der Waals surface area contributed by atoms with Gasteiger partial charge in [0.05, 0.1) is 5.69 Å². The Kier molecular flexibility index (Phi) is 4.02. The van der Waals surface area contributed by atoms with Gasteiger partial charge in [-0.15, -0.1) is 11.3 Å². The largest absolute Gasteiger partial charge is 0.298 e. The number of carbonyl (C=O) groups excluding carboxylic acids is 1. The Hall–Kier alpha value is -2.46. The molecular weight excluding hydrogens is 292 g/mol. The van der Waals surface area contributed by atoms with Crippen molar-refractivity contribution < 1.29 is 4.79 Å². The van der Waals surface area contributed by atoms with Crippen LogP contribution >= 0.6 is 11.3 Å². The Labute approximate surface area is 133 Å². The van der Waals surface area contributed by atoms with Gasteiger partial charge in [0.15, 0.2) is 5.13 Å². The molecule has 1 aromatic heterocycles. The van der Waals surface area contributed by atoms with Crippen LogP contribution in [0.3, 0.4) is 0 Å². The first-order valence-electron chi connectivity index (χ1n) is 7.03. The van der Waals surface area contributed by atoms with E-state index in [0.717, 1.165) is 22.4 Å². The predicted molar refractivity (Wildman–Crippen MR) is 91.4 cm³/mol. The van der Waals surface area contributed by atoms with Crippen LogP contribution in [0.2, 0.25) is 0 Å². The molecule has 3 aromatic rings. The third-order valence-electron chi connectivity index (χ3n) is 3.43. The van der Waals surface area contributed by atoms with Crippen LogP contribution in [-0.4, -0.2) is 10.9 Å². The van der Waals surface area contributed by atoms with E-state index in [-0.39, 0.29) is 5.91 Å². The van der Waals surface area contributed by atoms with E-state index >= 15 is 0 Å². The van der Waals surface area contributed by atoms with E-state index < -0.39 is 0 Å². The molecule has 1 N–H and O–H groups in total. The van der Waals surface area contributed by atoms with Gasteiger partial charge in [0.25, 0.3) is 5.91 Å². The molecule has 0 saturated carbocycles. The summed E-state index contributed by atoms with van der Waals surface area (Å²) in [5.74, 6) is -0.116. The Morgan fingerprint density at radius 1 is 1.09 bits per heavy atom. The Bertz CT molecular complexity index is 809. The number of nitrogens with one attached hydrogen (secondary N) is 1. The summed E-state index contributed by atoms with van der Waals surface area (Å²) in [5, 5.41) is 5.45. The van der Waals surface area contributed by atoms with E-state index in [9.17, 15) is 4.79 Å². The summed E-state index contributed by atoms with van der Waals surface area (Å²) in [4.78, 5) is 16.9. The summed E-state index contributed by atoms with van der Waals surface area (Å²) in [6, 6.07) is 15.8. The van der Waals surface area contributed by atoms with Crippen molar-refractivity contribution in [2.45, 2.75) is 13.8 Å². The second-order valence-corrected chi connectivity index (χ2v) is 6.03. The van der Waals surface area contributed by atoms with E-state index in [1.165, 1.54) is 11.3 Å². The fourth-order valence-corrected chi connectivity index (χ4v) is 2.93. The number of anilines is 1. The quantitative estimate of drug-likeness (QED) is 0.763. The predicted octanol–water partition coefficient (Wildman–Crippen LogP) is 4.68. The smallest absolute Gasteiger partial charge is 0.257 e. The van der Waals surface area contributed by atoms with Gasteiger partial charge >= 0.3 is 0 Å². The molecule has 0 aliphatic carbocycles. The minimum Gasteiger partial charge on any atom is -0.298 e. The maximum Gasteiger partial charge on any atom is 0.257 e. The molecule has 0 bridgehead atoms. The SMILES string of the molecule is Cc1ccc(C)c(C(=O)Nc2nc(-c3ccccc3)cs2)c1. The molecule has 3 rings (SSSR count). The minimum absolute atomic E-state index is 0.116. The summed E-state index contributed by atoms with van der Waals surface area (Å²) < 4.78 is 0. The highest BCUT2D eigenvalue weighted by Crippen LogP contribution is 2.25. The highest BCUT2D eigenvalue weighted by Gasteiger charge is 2.12. The Morgan fingerprint density at radius 2 is 1.86 bits per heavy atom.